The second kappa shape index (κ2) is 6.06. The number of benzene rings is 1. The van der Waals surface area contributed by atoms with Crippen LogP contribution in [0.1, 0.15) is 43.7 Å². The first kappa shape index (κ1) is 13.1. The van der Waals surface area contributed by atoms with Crippen LogP contribution in [0.25, 0.3) is 5.69 Å². The third-order valence-electron chi connectivity index (χ3n) is 3.96. The van der Waals surface area contributed by atoms with Crippen molar-refractivity contribution in [2.24, 2.45) is 5.73 Å². The van der Waals surface area contributed by atoms with Gasteiger partial charge in [0.25, 0.3) is 0 Å². The van der Waals surface area contributed by atoms with E-state index in [1.54, 1.807) is 0 Å². The normalized spacial score (nSPS) is 17.4. The van der Waals surface area contributed by atoms with Crippen LogP contribution in [-0.4, -0.2) is 9.78 Å². The minimum Gasteiger partial charge on any atom is -0.320 e. The maximum absolute atomic E-state index is 6.41. The number of nitrogens with two attached hydrogens (primary N) is 1. The zero-order valence-electron chi connectivity index (χ0n) is 11.7. The average molecular weight is 267 g/mol. The molecule has 2 aromatic rings. The van der Waals surface area contributed by atoms with Gasteiger partial charge in [-0.25, -0.2) is 4.68 Å². The van der Waals surface area contributed by atoms with Crippen LogP contribution in [0.5, 0.6) is 0 Å². The lowest BCUT2D eigenvalue weighted by Gasteiger charge is -2.13. The van der Waals surface area contributed by atoms with Gasteiger partial charge < -0.3 is 5.73 Å². The Bertz CT molecular complexity index is 583. The lowest BCUT2D eigenvalue weighted by atomic mass is 9.98. The minimum absolute atomic E-state index is 0.00874. The quantitative estimate of drug-likeness (QED) is 0.860. The van der Waals surface area contributed by atoms with Crippen molar-refractivity contribution in [1.82, 2.24) is 9.78 Å². The molecule has 1 aliphatic carbocycles. The lowest BCUT2D eigenvalue weighted by molar-refractivity contribution is 0.688. The van der Waals surface area contributed by atoms with Crippen molar-refractivity contribution >= 4 is 0 Å². The van der Waals surface area contributed by atoms with Crippen molar-refractivity contribution in [3.05, 3.63) is 59.9 Å². The first-order valence-corrected chi connectivity index (χ1v) is 7.39. The number of hydrogen-bond acceptors (Lipinski definition) is 2. The van der Waals surface area contributed by atoms with E-state index in [9.17, 15) is 0 Å². The first-order chi connectivity index (χ1) is 9.84. The van der Waals surface area contributed by atoms with Crippen LogP contribution < -0.4 is 5.73 Å². The summed E-state index contributed by atoms with van der Waals surface area (Å²) in [5.41, 5.74) is 9.95. The van der Waals surface area contributed by atoms with Crippen molar-refractivity contribution in [3.8, 4) is 5.69 Å². The molecular formula is C17H21N3. The van der Waals surface area contributed by atoms with Gasteiger partial charge >= 0.3 is 0 Å². The van der Waals surface area contributed by atoms with Crippen LogP contribution in [0.3, 0.4) is 0 Å². The van der Waals surface area contributed by atoms with E-state index in [4.69, 9.17) is 5.73 Å². The fraction of sp³-hybridized carbons (Fsp3) is 0.353. The van der Waals surface area contributed by atoms with E-state index in [0.717, 1.165) is 24.1 Å². The van der Waals surface area contributed by atoms with E-state index in [-0.39, 0.29) is 6.04 Å². The molecule has 0 spiro atoms. The molecule has 3 nitrogen and oxygen atoms in total. The summed E-state index contributed by atoms with van der Waals surface area (Å²) in [6.07, 6.45) is 12.4. The Hall–Kier alpha value is -1.87. The summed E-state index contributed by atoms with van der Waals surface area (Å²) in [6, 6.07) is 10.1. The van der Waals surface area contributed by atoms with Crippen molar-refractivity contribution in [3.63, 3.8) is 0 Å². The summed E-state index contributed by atoms with van der Waals surface area (Å²) in [5.74, 6) is 0. The van der Waals surface area contributed by atoms with Crippen LogP contribution in [0.4, 0.5) is 0 Å². The molecule has 3 rings (SSSR count). The topological polar surface area (TPSA) is 43.8 Å². The predicted molar refractivity (Wildman–Crippen MR) is 81.7 cm³/mol. The third kappa shape index (κ3) is 2.83. The molecule has 0 aliphatic heterocycles. The van der Waals surface area contributed by atoms with Gasteiger partial charge in [0, 0.05) is 11.8 Å². The highest BCUT2D eigenvalue weighted by Crippen LogP contribution is 2.27. The largest absolute Gasteiger partial charge is 0.320 e. The van der Waals surface area contributed by atoms with Crippen LogP contribution >= 0.6 is 0 Å². The van der Waals surface area contributed by atoms with E-state index >= 15 is 0 Å². The lowest BCUT2D eigenvalue weighted by Crippen LogP contribution is -2.12. The number of allylic oxidation sites excluding steroid dienone is 1. The van der Waals surface area contributed by atoms with Crippen molar-refractivity contribution in [1.29, 1.82) is 0 Å². The predicted octanol–water partition coefficient (Wildman–Crippen LogP) is 3.76. The SMILES string of the molecule is NC(C1=CCCCCC1)c1cnn(-c2ccccc2)c1. The Morgan fingerprint density at radius 2 is 1.95 bits per heavy atom. The molecule has 20 heavy (non-hydrogen) atoms. The van der Waals surface area contributed by atoms with E-state index in [2.05, 4.69) is 11.2 Å². The molecule has 2 N–H and O–H groups in total. The summed E-state index contributed by atoms with van der Waals surface area (Å²) in [7, 11) is 0. The molecule has 1 aromatic carbocycles. The monoisotopic (exact) mass is 267 g/mol. The first-order valence-electron chi connectivity index (χ1n) is 7.39. The average Bonchev–Trinajstić information content (AvgIpc) is 2.83. The van der Waals surface area contributed by atoms with Crippen molar-refractivity contribution < 1.29 is 0 Å². The Kier molecular flexibility index (Phi) is 3.97. The van der Waals surface area contributed by atoms with E-state index in [1.807, 2.05) is 47.4 Å². The van der Waals surface area contributed by atoms with E-state index in [1.165, 1.54) is 24.8 Å². The van der Waals surface area contributed by atoms with E-state index in [0.29, 0.717) is 0 Å². The Morgan fingerprint density at radius 1 is 1.10 bits per heavy atom. The van der Waals surface area contributed by atoms with Crippen LogP contribution in [0.2, 0.25) is 0 Å². The molecular weight excluding hydrogens is 246 g/mol. The second-order valence-electron chi connectivity index (χ2n) is 5.41. The minimum atomic E-state index is -0.00874. The summed E-state index contributed by atoms with van der Waals surface area (Å²) < 4.78 is 1.90. The standard InChI is InChI=1S/C17H21N3/c18-17(14-8-4-1-2-5-9-14)15-12-19-20(13-15)16-10-6-3-7-11-16/h3,6-8,10-13,17H,1-2,4-5,9,18H2. The molecule has 0 bridgehead atoms. The highest BCUT2D eigenvalue weighted by molar-refractivity contribution is 5.33. The molecule has 104 valence electrons. The molecule has 1 atom stereocenters. The summed E-state index contributed by atoms with van der Waals surface area (Å²) >= 11 is 0. The highest BCUT2D eigenvalue weighted by Gasteiger charge is 2.15. The smallest absolute Gasteiger partial charge is 0.0645 e. The Balaban J connectivity index is 1.81. The number of nitrogens with zero attached hydrogens (tertiary/aromatic N) is 2. The third-order valence-corrected chi connectivity index (χ3v) is 3.96. The maximum Gasteiger partial charge on any atom is 0.0645 e. The molecule has 1 aliphatic rings. The van der Waals surface area contributed by atoms with Gasteiger partial charge in [-0.1, -0.05) is 36.3 Å². The van der Waals surface area contributed by atoms with Crippen molar-refractivity contribution in [2.75, 3.05) is 0 Å². The molecule has 1 aromatic heterocycles. The van der Waals surface area contributed by atoms with Gasteiger partial charge in [0.2, 0.25) is 0 Å². The fourth-order valence-electron chi connectivity index (χ4n) is 2.76. The van der Waals surface area contributed by atoms with Crippen LogP contribution in [-0.2, 0) is 0 Å². The zero-order valence-corrected chi connectivity index (χ0v) is 11.7. The van der Waals surface area contributed by atoms with Gasteiger partial charge in [-0.2, -0.15) is 5.10 Å². The molecule has 0 amide bonds. The second-order valence-corrected chi connectivity index (χ2v) is 5.41. The molecule has 3 heteroatoms. The number of hydrogen-bond donors (Lipinski definition) is 1. The van der Waals surface area contributed by atoms with Crippen molar-refractivity contribution in [2.45, 2.75) is 38.1 Å². The summed E-state index contributed by atoms with van der Waals surface area (Å²) in [6.45, 7) is 0. The molecule has 0 saturated carbocycles. The maximum atomic E-state index is 6.41. The van der Waals surface area contributed by atoms with E-state index < -0.39 is 0 Å². The van der Waals surface area contributed by atoms with Crippen LogP contribution in [0, 0.1) is 0 Å². The Labute approximate surface area is 120 Å². The summed E-state index contributed by atoms with van der Waals surface area (Å²) in [4.78, 5) is 0. The number of aromatic nitrogens is 2. The number of para-hydroxylation sites is 1. The molecule has 1 unspecified atom stereocenters. The van der Waals surface area contributed by atoms with Gasteiger partial charge in [0.15, 0.2) is 0 Å². The molecule has 0 radical (unpaired) electrons. The van der Waals surface area contributed by atoms with Crippen LogP contribution in [0.15, 0.2) is 54.4 Å². The van der Waals surface area contributed by atoms with Gasteiger partial charge in [-0.15, -0.1) is 0 Å². The van der Waals surface area contributed by atoms with Gasteiger partial charge in [0.05, 0.1) is 17.9 Å². The molecule has 1 heterocycles. The highest BCUT2D eigenvalue weighted by atomic mass is 15.3. The summed E-state index contributed by atoms with van der Waals surface area (Å²) in [5, 5.41) is 4.44. The van der Waals surface area contributed by atoms with Gasteiger partial charge in [0.1, 0.15) is 0 Å². The fourth-order valence-corrected chi connectivity index (χ4v) is 2.76. The van der Waals surface area contributed by atoms with Gasteiger partial charge in [-0.3, -0.25) is 0 Å². The molecule has 0 saturated heterocycles. The van der Waals surface area contributed by atoms with Gasteiger partial charge in [-0.05, 0) is 37.8 Å². The number of rotatable bonds is 3. The zero-order chi connectivity index (χ0) is 13.8. The molecule has 0 fully saturated rings. The Morgan fingerprint density at radius 3 is 2.80 bits per heavy atom.